The first kappa shape index (κ1) is 39.4. The predicted molar refractivity (Wildman–Crippen MR) is 223 cm³/mol. The molecule has 306 valence electrons. The van der Waals surface area contributed by atoms with E-state index in [1.807, 2.05) is 24.9 Å². The van der Waals surface area contributed by atoms with Crippen LogP contribution in [0.2, 0.25) is 0 Å². The van der Waals surface area contributed by atoms with Crippen LogP contribution in [-0.4, -0.2) is 92.6 Å². The van der Waals surface area contributed by atoms with Crippen LogP contribution in [0, 0.1) is 11.8 Å². The number of methoxy groups -OCH3 is 2. The number of aromatic nitrogens is 4. The highest BCUT2D eigenvalue weighted by molar-refractivity contribution is 5.91. The molecule has 2 aromatic heterocycles. The standard InChI is InChI=1S/C45H50N8O6/c1-6-34(50-44(56)58-4)42(54)52-19-7-8-37(52)40-46-23-35(48-40)27-11-9-26(10-12-27)28-13-14-30-21-31(16-15-29(30)20-28)36-24-47-41(49-36)39-32-17-18-33(22-32)53(39)43(55)38(25(2)3)51-45(57)59-5/h6,9-16,20-21,23-25,32-34,37-39H,1,7-8,17-19,22H2,2-5H3,(H,46,48)(H,47,49)(H,50,56)(H,51,57)/t32-,33+,34-,37-,38-,39-/m0/s1. The average molecular weight is 799 g/mol. The number of amides is 4. The van der Waals surface area contributed by atoms with Crippen molar-refractivity contribution in [1.29, 1.82) is 0 Å². The van der Waals surface area contributed by atoms with Crippen molar-refractivity contribution in [2.45, 2.75) is 76.2 Å². The van der Waals surface area contributed by atoms with Gasteiger partial charge in [-0.15, -0.1) is 6.58 Å². The van der Waals surface area contributed by atoms with E-state index < -0.39 is 24.3 Å². The van der Waals surface area contributed by atoms with Crippen LogP contribution in [0.15, 0.2) is 85.7 Å². The van der Waals surface area contributed by atoms with E-state index >= 15 is 0 Å². The molecule has 4 amide bonds. The molecule has 3 aliphatic rings. The topological polar surface area (TPSA) is 175 Å². The third kappa shape index (κ3) is 7.66. The summed E-state index contributed by atoms with van der Waals surface area (Å²) >= 11 is 0. The van der Waals surface area contributed by atoms with Crippen LogP contribution in [-0.2, 0) is 19.1 Å². The maximum absolute atomic E-state index is 14.0. The summed E-state index contributed by atoms with van der Waals surface area (Å²) in [5, 5.41) is 7.49. The van der Waals surface area contributed by atoms with Crippen LogP contribution in [0.5, 0.6) is 0 Å². The summed E-state index contributed by atoms with van der Waals surface area (Å²) in [6.45, 7) is 8.13. The Hall–Kier alpha value is -6.44. The molecular weight excluding hydrogens is 749 g/mol. The molecule has 4 N–H and O–H groups in total. The number of piperidine rings is 1. The van der Waals surface area contributed by atoms with Crippen LogP contribution < -0.4 is 10.6 Å². The SMILES string of the molecule is C=C[C@H](NC(=O)OC)C(=O)N1CCC[C@H]1c1ncc(-c2ccc(-c3ccc4cc(-c5cnc([C@@H]6[C@H]7CC[C@H](C7)N6C(=O)[C@@H](NC(=O)OC)C(C)C)[nH]5)ccc4c3)cc2)[nH]1. The first-order valence-corrected chi connectivity index (χ1v) is 20.3. The lowest BCUT2D eigenvalue weighted by Gasteiger charge is -2.37. The fourth-order valence-electron chi connectivity index (χ4n) is 9.14. The van der Waals surface area contributed by atoms with Gasteiger partial charge in [0.25, 0.3) is 0 Å². The summed E-state index contributed by atoms with van der Waals surface area (Å²) in [6.07, 6.45) is 8.25. The summed E-state index contributed by atoms with van der Waals surface area (Å²) in [7, 11) is 2.56. The second kappa shape index (κ2) is 16.4. The molecule has 0 spiro atoms. The van der Waals surface area contributed by atoms with Crippen molar-refractivity contribution in [1.82, 2.24) is 40.4 Å². The Morgan fingerprint density at radius 2 is 1.39 bits per heavy atom. The maximum Gasteiger partial charge on any atom is 0.407 e. The van der Waals surface area contributed by atoms with Crippen LogP contribution in [0.3, 0.4) is 0 Å². The Morgan fingerprint density at radius 1 is 0.780 bits per heavy atom. The number of carbonyl (C=O) groups is 4. The number of ether oxygens (including phenoxy) is 2. The second-order valence-electron chi connectivity index (χ2n) is 16.0. The molecule has 3 fully saturated rings. The molecule has 2 saturated heterocycles. The first-order chi connectivity index (χ1) is 28.6. The fourth-order valence-corrected chi connectivity index (χ4v) is 9.14. The van der Waals surface area contributed by atoms with Crippen LogP contribution in [0.4, 0.5) is 9.59 Å². The van der Waals surface area contributed by atoms with E-state index in [1.165, 1.54) is 20.3 Å². The normalized spacial score (nSPS) is 20.8. The smallest absolute Gasteiger partial charge is 0.407 e. The maximum atomic E-state index is 14.0. The fraction of sp³-hybridized carbons (Fsp3) is 0.378. The molecule has 1 saturated carbocycles. The number of likely N-dealkylation sites (tertiary alicyclic amines) is 2. The van der Waals surface area contributed by atoms with E-state index in [-0.39, 0.29) is 35.9 Å². The van der Waals surface area contributed by atoms with Gasteiger partial charge in [0.05, 0.1) is 50.1 Å². The quantitative estimate of drug-likeness (QED) is 0.101. The third-order valence-electron chi connectivity index (χ3n) is 12.2. The molecule has 14 heteroatoms. The van der Waals surface area contributed by atoms with E-state index in [9.17, 15) is 19.2 Å². The van der Waals surface area contributed by atoms with Gasteiger partial charge in [0.15, 0.2) is 0 Å². The number of hydrogen-bond acceptors (Lipinski definition) is 8. The summed E-state index contributed by atoms with van der Waals surface area (Å²) < 4.78 is 9.50. The van der Waals surface area contributed by atoms with Gasteiger partial charge < -0.3 is 39.9 Å². The van der Waals surface area contributed by atoms with Crippen LogP contribution in [0.25, 0.3) is 44.4 Å². The Morgan fingerprint density at radius 3 is 2.08 bits per heavy atom. The number of rotatable bonds is 11. The zero-order chi connectivity index (χ0) is 41.4. The molecule has 5 aromatic rings. The molecule has 3 aromatic carbocycles. The number of imidazole rings is 2. The first-order valence-electron chi connectivity index (χ1n) is 20.3. The number of aromatic amines is 2. The molecule has 6 atom stereocenters. The lowest BCUT2D eigenvalue weighted by atomic mass is 9.95. The van der Waals surface area contributed by atoms with Crippen molar-refractivity contribution in [3.05, 3.63) is 97.4 Å². The number of hydrogen-bond donors (Lipinski definition) is 4. The van der Waals surface area contributed by atoms with Gasteiger partial charge in [-0.3, -0.25) is 9.59 Å². The van der Waals surface area contributed by atoms with Crippen molar-refractivity contribution >= 4 is 34.8 Å². The minimum Gasteiger partial charge on any atom is -0.453 e. The van der Waals surface area contributed by atoms with Crippen molar-refractivity contribution in [2.75, 3.05) is 20.8 Å². The van der Waals surface area contributed by atoms with E-state index in [0.29, 0.717) is 18.3 Å². The lowest BCUT2D eigenvalue weighted by molar-refractivity contribution is -0.139. The van der Waals surface area contributed by atoms with Gasteiger partial charge in [0.2, 0.25) is 11.8 Å². The van der Waals surface area contributed by atoms with Gasteiger partial charge in [-0.25, -0.2) is 19.6 Å². The highest BCUT2D eigenvalue weighted by Crippen LogP contribution is 2.50. The van der Waals surface area contributed by atoms with Crippen molar-refractivity contribution in [3.8, 4) is 33.6 Å². The number of carbonyl (C=O) groups excluding carboxylic acids is 4. The van der Waals surface area contributed by atoms with Crippen LogP contribution in [0.1, 0.15) is 69.7 Å². The minimum absolute atomic E-state index is 0.0939. The van der Waals surface area contributed by atoms with Gasteiger partial charge in [-0.1, -0.05) is 68.5 Å². The summed E-state index contributed by atoms with van der Waals surface area (Å²) in [4.78, 5) is 71.3. The average Bonchev–Trinajstić information content (AvgIpc) is 4.12. The zero-order valence-corrected chi connectivity index (χ0v) is 33.7. The Balaban J connectivity index is 0.955. The molecule has 1 aliphatic carbocycles. The van der Waals surface area contributed by atoms with Crippen molar-refractivity contribution in [3.63, 3.8) is 0 Å². The van der Waals surface area contributed by atoms with Gasteiger partial charge >= 0.3 is 12.2 Å². The molecular formula is C45H50N8O6. The number of alkyl carbamates (subject to hydrolysis) is 2. The largest absolute Gasteiger partial charge is 0.453 e. The molecule has 59 heavy (non-hydrogen) atoms. The molecule has 8 rings (SSSR count). The second-order valence-corrected chi connectivity index (χ2v) is 16.0. The van der Waals surface area contributed by atoms with E-state index in [2.05, 4.69) is 97.6 Å². The van der Waals surface area contributed by atoms with Crippen molar-refractivity contribution < 1.29 is 28.7 Å². The summed E-state index contributed by atoms with van der Waals surface area (Å²) in [6, 6.07) is 19.2. The molecule has 0 radical (unpaired) electrons. The minimum atomic E-state index is -0.890. The monoisotopic (exact) mass is 798 g/mol. The molecule has 2 bridgehead atoms. The van der Waals surface area contributed by atoms with Gasteiger partial charge in [-0.2, -0.15) is 0 Å². The van der Waals surface area contributed by atoms with Crippen LogP contribution >= 0.6 is 0 Å². The molecule has 4 heterocycles. The number of fused-ring (bicyclic) bond motifs is 3. The summed E-state index contributed by atoms with van der Waals surface area (Å²) in [5.74, 6) is 1.33. The van der Waals surface area contributed by atoms with Gasteiger partial charge in [0, 0.05) is 18.2 Å². The summed E-state index contributed by atoms with van der Waals surface area (Å²) in [5.41, 5.74) is 5.87. The molecule has 0 unspecified atom stereocenters. The van der Waals surface area contributed by atoms with E-state index in [1.54, 1.807) is 11.1 Å². The van der Waals surface area contributed by atoms with E-state index in [4.69, 9.17) is 9.72 Å². The number of benzene rings is 3. The number of nitrogens with one attached hydrogen (secondary N) is 4. The highest BCUT2D eigenvalue weighted by Gasteiger charge is 2.51. The molecule has 2 aliphatic heterocycles. The zero-order valence-electron chi connectivity index (χ0n) is 33.7. The predicted octanol–water partition coefficient (Wildman–Crippen LogP) is 7.29. The van der Waals surface area contributed by atoms with Gasteiger partial charge in [0.1, 0.15) is 23.7 Å². The number of H-pyrrole nitrogens is 2. The Bertz CT molecular complexity index is 2390. The van der Waals surface area contributed by atoms with Gasteiger partial charge in [-0.05, 0) is 83.5 Å². The van der Waals surface area contributed by atoms with Crippen molar-refractivity contribution in [2.24, 2.45) is 11.8 Å². The van der Waals surface area contributed by atoms with E-state index in [0.717, 1.165) is 82.3 Å². The third-order valence-corrected chi connectivity index (χ3v) is 12.2. The lowest BCUT2D eigenvalue weighted by Crippen LogP contribution is -2.54. The highest BCUT2D eigenvalue weighted by atomic mass is 16.5. The molecule has 14 nitrogen and oxygen atoms in total. The Kier molecular flexibility index (Phi) is 11.0. The number of nitrogens with zero attached hydrogens (tertiary/aromatic N) is 4. The Labute approximate surface area is 342 Å².